The predicted molar refractivity (Wildman–Crippen MR) is 200 cm³/mol. The summed E-state index contributed by atoms with van der Waals surface area (Å²) in [5, 5.41) is 8.37. The van der Waals surface area contributed by atoms with Crippen LogP contribution in [0.1, 0.15) is 74.5 Å². The molecule has 3 aromatic carbocycles. The van der Waals surface area contributed by atoms with Crippen molar-refractivity contribution in [1.29, 1.82) is 0 Å². The van der Waals surface area contributed by atoms with Gasteiger partial charge in [0, 0.05) is 99.6 Å². The zero-order chi connectivity index (χ0) is 39.4. The number of anilines is 2. The van der Waals surface area contributed by atoms with Gasteiger partial charge in [0.05, 0.1) is 5.56 Å². The number of carbonyl (C=O) groups excluding carboxylic acids is 7. The van der Waals surface area contributed by atoms with Crippen LogP contribution in [0.5, 0.6) is 11.5 Å². The summed E-state index contributed by atoms with van der Waals surface area (Å²) in [5.41, 5.74) is 1.83. The van der Waals surface area contributed by atoms with Crippen molar-refractivity contribution in [3.05, 3.63) is 117 Å². The fourth-order valence-corrected chi connectivity index (χ4v) is 7.70. The summed E-state index contributed by atoms with van der Waals surface area (Å²) in [5.74, 6) is -1.58. The van der Waals surface area contributed by atoms with E-state index in [1.165, 1.54) is 12.2 Å². The zero-order valence-electron chi connectivity index (χ0n) is 30.9. The molecule has 3 aliphatic heterocycles. The second-order valence-corrected chi connectivity index (χ2v) is 14.6. The molecule has 1 spiro atoms. The van der Waals surface area contributed by atoms with E-state index in [1.807, 2.05) is 6.07 Å². The van der Waals surface area contributed by atoms with Crippen molar-refractivity contribution in [3.8, 4) is 11.5 Å². The number of rotatable bonds is 9. The second kappa shape index (κ2) is 13.7. The van der Waals surface area contributed by atoms with Gasteiger partial charge in [0.25, 0.3) is 11.8 Å². The van der Waals surface area contributed by atoms with Crippen LogP contribution in [0.2, 0.25) is 0 Å². The monoisotopic (exact) mass is 742 g/mol. The number of allylic oxidation sites excluding steroid dienone is 4. The van der Waals surface area contributed by atoms with Gasteiger partial charge in [0.1, 0.15) is 11.5 Å². The van der Waals surface area contributed by atoms with E-state index in [2.05, 4.69) is 16.0 Å². The van der Waals surface area contributed by atoms with Gasteiger partial charge in [0.15, 0.2) is 17.2 Å². The minimum atomic E-state index is -1.40. The molecule has 3 aromatic rings. The van der Waals surface area contributed by atoms with E-state index in [4.69, 9.17) is 9.47 Å². The molecule has 0 aromatic heterocycles. The maximum atomic E-state index is 13.5. The topological polar surface area (TPSA) is 177 Å². The fourth-order valence-electron chi connectivity index (χ4n) is 7.70. The first-order valence-corrected chi connectivity index (χ1v) is 17.8. The van der Waals surface area contributed by atoms with Crippen molar-refractivity contribution in [3.63, 3.8) is 0 Å². The number of nitrogens with one attached hydrogen (secondary N) is 3. The van der Waals surface area contributed by atoms with Crippen LogP contribution in [0.4, 0.5) is 16.2 Å². The zero-order valence-corrected chi connectivity index (χ0v) is 30.9. The first kappa shape index (κ1) is 36.7. The Morgan fingerprint density at radius 3 is 2.00 bits per heavy atom. The van der Waals surface area contributed by atoms with Gasteiger partial charge in [-0.1, -0.05) is 32.0 Å². The van der Waals surface area contributed by atoms with E-state index >= 15 is 0 Å². The molecule has 0 bridgehead atoms. The fraction of sp³-hybridized carbons (Fsp3) is 0.262. The van der Waals surface area contributed by atoms with E-state index in [-0.39, 0.29) is 42.9 Å². The van der Waals surface area contributed by atoms with E-state index in [9.17, 15) is 33.6 Å². The number of fused-ring (bicyclic) bond motifs is 6. The molecule has 5 amide bonds. The molecule has 13 nitrogen and oxygen atoms in total. The number of hydrogen-bond acceptors (Lipinski definition) is 9. The van der Waals surface area contributed by atoms with E-state index < -0.39 is 28.9 Å². The molecule has 3 heterocycles. The van der Waals surface area contributed by atoms with E-state index in [1.54, 1.807) is 89.2 Å². The molecule has 1 unspecified atom stereocenters. The smallest absolute Gasteiger partial charge is 0.340 e. The summed E-state index contributed by atoms with van der Waals surface area (Å²) in [6.07, 6.45) is 2.67. The number of nitrogens with zero attached hydrogens (tertiary/aromatic N) is 1. The SMILES string of the molecule is CC1=C(C)C(=O)C(C(C)(C)CC(=O)Nc2ccc3c(c2)Oc2cc(NC(=O)NCCCN4C(=O)C=CC4=O)ccc2C32OC(=O)c3ccccc32)=C(C)C1=O. The Bertz CT molecular complexity index is 2350. The van der Waals surface area contributed by atoms with Gasteiger partial charge in [-0.25, -0.2) is 9.59 Å². The quantitative estimate of drug-likeness (QED) is 0.105. The van der Waals surface area contributed by atoms with Crippen LogP contribution in [-0.4, -0.2) is 59.3 Å². The molecule has 1 atom stereocenters. The molecule has 7 rings (SSSR count). The first-order valence-electron chi connectivity index (χ1n) is 17.8. The molecule has 55 heavy (non-hydrogen) atoms. The third-order valence-electron chi connectivity index (χ3n) is 10.5. The second-order valence-electron chi connectivity index (χ2n) is 14.6. The molecular formula is C42H38N4O9. The number of ketones is 2. The Kier molecular flexibility index (Phi) is 9.11. The number of hydrogen-bond donors (Lipinski definition) is 3. The Morgan fingerprint density at radius 1 is 0.745 bits per heavy atom. The number of imide groups is 1. The van der Waals surface area contributed by atoms with Crippen LogP contribution in [0, 0.1) is 5.41 Å². The maximum Gasteiger partial charge on any atom is 0.340 e. The highest BCUT2D eigenvalue weighted by Gasteiger charge is 2.53. The minimum Gasteiger partial charge on any atom is -0.456 e. The lowest BCUT2D eigenvalue weighted by Gasteiger charge is -2.37. The summed E-state index contributed by atoms with van der Waals surface area (Å²) in [6.45, 7) is 8.74. The van der Waals surface area contributed by atoms with Crippen LogP contribution in [0.15, 0.2) is 95.1 Å². The standard InChI is InChI=1S/C42H38N4O9/c1-22-23(2)38(51)36(24(3)37(22)50)41(4,5)21-33(47)44-25-11-13-29-31(19-25)54-32-20-26(45-40(53)43-17-8-18-46-34(48)15-16-35(46)49)12-14-30(32)42(29)28-10-7-6-9-27(28)39(52)55-42/h6-7,9-16,19-20H,8,17-18,21H2,1-5H3,(H,44,47)(H2,43,45,53). The van der Waals surface area contributed by atoms with Crippen molar-refractivity contribution in [2.75, 3.05) is 23.7 Å². The van der Waals surface area contributed by atoms with Gasteiger partial charge in [-0.2, -0.15) is 0 Å². The van der Waals surface area contributed by atoms with Crippen LogP contribution in [0.25, 0.3) is 0 Å². The lowest BCUT2D eigenvalue weighted by atomic mass is 9.71. The largest absolute Gasteiger partial charge is 0.456 e. The summed E-state index contributed by atoms with van der Waals surface area (Å²) in [6, 6.07) is 16.5. The van der Waals surface area contributed by atoms with Crippen molar-refractivity contribution in [2.24, 2.45) is 5.41 Å². The molecular weight excluding hydrogens is 704 g/mol. The summed E-state index contributed by atoms with van der Waals surface area (Å²) < 4.78 is 12.6. The average molecular weight is 743 g/mol. The lowest BCUT2D eigenvalue weighted by Crippen LogP contribution is -2.35. The summed E-state index contributed by atoms with van der Waals surface area (Å²) in [4.78, 5) is 90.5. The number of urea groups is 1. The number of amides is 5. The number of carbonyl (C=O) groups is 7. The van der Waals surface area contributed by atoms with Crippen molar-refractivity contribution < 1.29 is 43.0 Å². The Hall–Kier alpha value is -6.63. The maximum absolute atomic E-state index is 13.5. The highest BCUT2D eigenvalue weighted by atomic mass is 16.6. The summed E-state index contributed by atoms with van der Waals surface area (Å²) in [7, 11) is 0. The molecule has 4 aliphatic rings. The lowest BCUT2D eigenvalue weighted by molar-refractivity contribution is -0.136. The minimum absolute atomic E-state index is 0.0937. The van der Waals surface area contributed by atoms with E-state index in [0.29, 0.717) is 73.8 Å². The van der Waals surface area contributed by atoms with Gasteiger partial charge in [-0.05, 0) is 57.5 Å². The molecule has 0 saturated heterocycles. The number of Topliss-reactive ketones (excluding diaryl/α,β-unsaturated/α-hetero) is 2. The van der Waals surface area contributed by atoms with Crippen LogP contribution in [-0.2, 0) is 34.3 Å². The first-order chi connectivity index (χ1) is 26.1. The highest BCUT2D eigenvalue weighted by Crippen LogP contribution is 2.56. The van der Waals surface area contributed by atoms with Crippen LogP contribution in [0.3, 0.4) is 0 Å². The van der Waals surface area contributed by atoms with Gasteiger partial charge < -0.3 is 25.4 Å². The molecule has 0 fully saturated rings. The van der Waals surface area contributed by atoms with Gasteiger partial charge >= 0.3 is 12.0 Å². The third-order valence-corrected chi connectivity index (χ3v) is 10.5. The van der Waals surface area contributed by atoms with Crippen molar-refractivity contribution >= 4 is 52.7 Å². The molecule has 1 aliphatic carbocycles. The van der Waals surface area contributed by atoms with Crippen LogP contribution >= 0.6 is 0 Å². The molecule has 0 radical (unpaired) electrons. The average Bonchev–Trinajstić information content (AvgIpc) is 3.62. The van der Waals surface area contributed by atoms with Gasteiger partial charge in [-0.15, -0.1) is 0 Å². The number of ether oxygens (including phenoxy) is 2. The molecule has 280 valence electrons. The summed E-state index contributed by atoms with van der Waals surface area (Å²) >= 11 is 0. The normalized spacial score (nSPS) is 18.6. The molecule has 13 heteroatoms. The number of esters is 1. The van der Waals surface area contributed by atoms with Gasteiger partial charge in [0.2, 0.25) is 5.91 Å². The predicted octanol–water partition coefficient (Wildman–Crippen LogP) is 5.85. The molecule has 3 N–H and O–H groups in total. The van der Waals surface area contributed by atoms with Crippen LogP contribution < -0.4 is 20.7 Å². The third kappa shape index (κ3) is 6.30. The highest BCUT2D eigenvalue weighted by molar-refractivity contribution is 6.25. The number of benzene rings is 3. The Labute approximate surface area is 316 Å². The van der Waals surface area contributed by atoms with Gasteiger partial charge in [-0.3, -0.25) is 28.9 Å². The van der Waals surface area contributed by atoms with Crippen molar-refractivity contribution in [2.45, 2.75) is 53.1 Å². The van der Waals surface area contributed by atoms with E-state index in [0.717, 1.165) is 4.90 Å². The Morgan fingerprint density at radius 2 is 1.35 bits per heavy atom. The Balaban J connectivity index is 1.13. The molecule has 0 saturated carbocycles. The van der Waals surface area contributed by atoms with Crippen molar-refractivity contribution in [1.82, 2.24) is 10.2 Å².